The Morgan fingerprint density at radius 1 is 1.11 bits per heavy atom. The molecule has 0 spiro atoms. The molecular weight excluding hydrogens is 452 g/mol. The highest BCUT2D eigenvalue weighted by molar-refractivity contribution is 5.92. The molecule has 1 saturated heterocycles. The van der Waals surface area contributed by atoms with Crippen LogP contribution in [0.4, 0.5) is 0 Å². The Morgan fingerprint density at radius 2 is 1.95 bits per heavy atom. The fraction of sp³-hybridized carbons (Fsp3) is 0.485. The van der Waals surface area contributed by atoms with Crippen LogP contribution >= 0.6 is 0 Å². The lowest BCUT2D eigenvalue weighted by Gasteiger charge is -2.34. The molecule has 1 N–H and O–H groups in total. The average Bonchev–Trinajstić information content (AvgIpc) is 3.29. The number of para-hydroxylation sites is 1. The summed E-state index contributed by atoms with van der Waals surface area (Å²) in [6, 6.07) is 14.7. The summed E-state index contributed by atoms with van der Waals surface area (Å²) in [5.74, 6) is 3.36. The Hall–Kier alpha value is -2.85. The van der Waals surface area contributed by atoms with E-state index < -0.39 is 0 Å². The number of rotatable bonds is 7. The van der Waals surface area contributed by atoms with Crippen molar-refractivity contribution in [1.29, 1.82) is 0 Å². The normalized spacial score (nSPS) is 23.7. The zero-order valence-electron chi connectivity index (χ0n) is 22.7. The van der Waals surface area contributed by atoms with E-state index in [9.17, 15) is 0 Å². The van der Waals surface area contributed by atoms with Crippen LogP contribution in [0.2, 0.25) is 0 Å². The van der Waals surface area contributed by atoms with E-state index in [-0.39, 0.29) is 0 Å². The van der Waals surface area contributed by atoms with Gasteiger partial charge in [0.2, 0.25) is 0 Å². The van der Waals surface area contributed by atoms with Crippen LogP contribution in [0.15, 0.2) is 43.0 Å². The van der Waals surface area contributed by atoms with E-state index in [0.717, 1.165) is 43.2 Å². The molecule has 37 heavy (non-hydrogen) atoms. The summed E-state index contributed by atoms with van der Waals surface area (Å²) in [5.41, 5.74) is 10.6. The average molecular weight is 493 g/mol. The van der Waals surface area contributed by atoms with E-state index in [2.05, 4.69) is 78.3 Å². The van der Waals surface area contributed by atoms with E-state index in [1.54, 1.807) is 5.56 Å². The Bertz CT molecular complexity index is 1500. The molecule has 4 nitrogen and oxygen atoms in total. The minimum Gasteiger partial charge on any atom is -0.335 e. The SMILES string of the molecule is C=C(C[C@@H]1CCNC1)c1cc(CC)c2c(c1)nc(-c1cc3cccc(C4CC(C)C4)c3n1C1CC1)n2C. The molecule has 0 radical (unpaired) electrons. The van der Waals surface area contributed by atoms with E-state index in [0.29, 0.717) is 17.9 Å². The third kappa shape index (κ3) is 3.87. The van der Waals surface area contributed by atoms with Gasteiger partial charge in [-0.3, -0.25) is 0 Å². The van der Waals surface area contributed by atoms with Crippen LogP contribution in [0.25, 0.3) is 39.0 Å². The fourth-order valence-corrected chi connectivity index (χ4v) is 7.18. The lowest BCUT2D eigenvalue weighted by molar-refractivity contribution is 0.289. The monoisotopic (exact) mass is 492 g/mol. The summed E-state index contributed by atoms with van der Waals surface area (Å²) in [7, 11) is 2.21. The molecule has 2 aromatic heterocycles. The van der Waals surface area contributed by atoms with Crippen LogP contribution in [-0.2, 0) is 13.5 Å². The van der Waals surface area contributed by atoms with Crippen molar-refractivity contribution in [1.82, 2.24) is 19.4 Å². The molecule has 3 aliphatic rings. The molecule has 2 aliphatic carbocycles. The second kappa shape index (κ2) is 8.87. The zero-order chi connectivity index (χ0) is 25.3. The number of allylic oxidation sites excluding steroid dienone is 1. The predicted octanol–water partition coefficient (Wildman–Crippen LogP) is 7.62. The zero-order valence-corrected chi connectivity index (χ0v) is 22.7. The van der Waals surface area contributed by atoms with Crippen LogP contribution in [0, 0.1) is 11.8 Å². The van der Waals surface area contributed by atoms with Gasteiger partial charge in [-0.25, -0.2) is 4.98 Å². The molecule has 0 bridgehead atoms. The first-order chi connectivity index (χ1) is 18.0. The van der Waals surface area contributed by atoms with Gasteiger partial charge in [-0.1, -0.05) is 38.6 Å². The van der Waals surface area contributed by atoms with Gasteiger partial charge < -0.3 is 14.5 Å². The maximum Gasteiger partial charge on any atom is 0.157 e. The summed E-state index contributed by atoms with van der Waals surface area (Å²) < 4.78 is 5.02. The van der Waals surface area contributed by atoms with Crippen LogP contribution in [0.3, 0.4) is 0 Å². The molecule has 192 valence electrons. The number of aromatic nitrogens is 3. The lowest BCUT2D eigenvalue weighted by atomic mass is 9.72. The summed E-state index contributed by atoms with van der Waals surface area (Å²) in [5, 5.41) is 4.88. The fourth-order valence-electron chi connectivity index (χ4n) is 7.18. The van der Waals surface area contributed by atoms with E-state index in [4.69, 9.17) is 4.98 Å². The van der Waals surface area contributed by atoms with Crippen molar-refractivity contribution < 1.29 is 0 Å². The topological polar surface area (TPSA) is 34.8 Å². The lowest BCUT2D eigenvalue weighted by Crippen LogP contribution is -2.19. The first-order valence-corrected chi connectivity index (χ1v) is 14.5. The summed E-state index contributed by atoms with van der Waals surface area (Å²) in [4.78, 5) is 5.34. The minimum atomic E-state index is 0.604. The third-order valence-electron chi connectivity index (χ3n) is 9.38. The Morgan fingerprint density at radius 3 is 2.65 bits per heavy atom. The van der Waals surface area contributed by atoms with E-state index in [1.165, 1.54) is 70.9 Å². The number of nitrogens with zero attached hydrogens (tertiary/aromatic N) is 3. The minimum absolute atomic E-state index is 0.604. The first-order valence-electron chi connectivity index (χ1n) is 14.5. The van der Waals surface area contributed by atoms with Crippen molar-refractivity contribution in [2.24, 2.45) is 18.9 Å². The van der Waals surface area contributed by atoms with Gasteiger partial charge in [0.1, 0.15) is 0 Å². The van der Waals surface area contributed by atoms with Crippen molar-refractivity contribution in [3.63, 3.8) is 0 Å². The smallest absolute Gasteiger partial charge is 0.157 e. The van der Waals surface area contributed by atoms with Crippen LogP contribution in [-0.4, -0.2) is 27.2 Å². The van der Waals surface area contributed by atoms with E-state index in [1.807, 2.05) is 0 Å². The van der Waals surface area contributed by atoms with Crippen LogP contribution in [0.1, 0.15) is 81.0 Å². The predicted molar refractivity (Wildman–Crippen MR) is 155 cm³/mol. The molecule has 1 atom stereocenters. The van der Waals surface area contributed by atoms with Crippen molar-refractivity contribution in [2.45, 2.75) is 70.8 Å². The van der Waals surface area contributed by atoms with E-state index >= 15 is 0 Å². The van der Waals surface area contributed by atoms with Gasteiger partial charge in [-0.05, 0) is 116 Å². The Balaban J connectivity index is 1.36. The van der Waals surface area contributed by atoms with Gasteiger partial charge in [0.15, 0.2) is 5.82 Å². The first kappa shape index (κ1) is 23.3. The number of hydrogen-bond acceptors (Lipinski definition) is 2. The molecule has 2 aromatic carbocycles. The highest BCUT2D eigenvalue weighted by Gasteiger charge is 2.34. The van der Waals surface area contributed by atoms with Gasteiger partial charge in [0.25, 0.3) is 0 Å². The molecule has 3 fully saturated rings. The summed E-state index contributed by atoms with van der Waals surface area (Å²) in [6.45, 7) is 11.4. The number of aryl methyl sites for hydroxylation is 2. The van der Waals surface area contributed by atoms with Crippen molar-refractivity contribution in [3.05, 3.63) is 59.7 Å². The quantitative estimate of drug-likeness (QED) is 0.288. The van der Waals surface area contributed by atoms with Gasteiger partial charge in [-0.2, -0.15) is 0 Å². The molecular formula is C33H40N4. The maximum absolute atomic E-state index is 5.34. The van der Waals surface area contributed by atoms with Gasteiger partial charge in [0, 0.05) is 18.5 Å². The highest BCUT2D eigenvalue weighted by atomic mass is 15.1. The molecule has 4 heteroatoms. The molecule has 0 amide bonds. The number of hydrogen-bond donors (Lipinski definition) is 1. The Kier molecular flexibility index (Phi) is 5.58. The maximum atomic E-state index is 5.34. The Labute approximate surface area is 220 Å². The highest BCUT2D eigenvalue weighted by Crippen LogP contribution is 2.48. The molecule has 4 aromatic rings. The molecule has 7 rings (SSSR count). The van der Waals surface area contributed by atoms with Gasteiger partial charge in [-0.15, -0.1) is 0 Å². The number of nitrogens with one attached hydrogen (secondary N) is 1. The largest absolute Gasteiger partial charge is 0.335 e. The standard InChI is InChI=1S/C33H40N4/c1-5-23-16-25(21(3)15-22-11-12-34-19-22)17-29-32(23)36(4)33(35-29)30-18-24-7-6-8-28(26-13-20(2)14-26)31(24)37(30)27-9-10-27/h6-8,16-18,20,22,26-27,34H,3,5,9-15,19H2,1-2,4H3/t20?,22-,26?/m0/s1. The summed E-state index contributed by atoms with van der Waals surface area (Å²) >= 11 is 0. The molecule has 2 saturated carbocycles. The molecule has 1 aliphatic heterocycles. The second-order valence-electron chi connectivity index (χ2n) is 12.2. The number of fused-ring (bicyclic) bond motifs is 2. The summed E-state index contributed by atoms with van der Waals surface area (Å²) in [6.07, 6.45) is 8.51. The van der Waals surface area contributed by atoms with Crippen LogP contribution in [0.5, 0.6) is 0 Å². The molecule has 3 heterocycles. The molecule has 0 unspecified atom stereocenters. The number of imidazole rings is 1. The number of benzene rings is 2. The van der Waals surface area contributed by atoms with Crippen molar-refractivity contribution in [3.8, 4) is 11.5 Å². The van der Waals surface area contributed by atoms with Crippen molar-refractivity contribution in [2.75, 3.05) is 13.1 Å². The second-order valence-corrected chi connectivity index (χ2v) is 12.2. The van der Waals surface area contributed by atoms with Gasteiger partial charge >= 0.3 is 0 Å². The van der Waals surface area contributed by atoms with Gasteiger partial charge in [0.05, 0.1) is 22.2 Å². The van der Waals surface area contributed by atoms with Crippen LogP contribution < -0.4 is 5.32 Å². The third-order valence-corrected chi connectivity index (χ3v) is 9.38. The van der Waals surface area contributed by atoms with Crippen molar-refractivity contribution >= 4 is 27.5 Å².